The predicted octanol–water partition coefficient (Wildman–Crippen LogP) is 2.90. The van der Waals surface area contributed by atoms with Crippen molar-refractivity contribution in [2.45, 2.75) is 13.3 Å². The molecule has 0 amide bonds. The molecule has 0 N–H and O–H groups in total. The minimum atomic E-state index is -0.312. The zero-order valence-corrected chi connectivity index (χ0v) is 11.2. The number of fused-ring (bicyclic) bond motifs is 1. The van der Waals surface area contributed by atoms with E-state index in [0.29, 0.717) is 28.8 Å². The van der Waals surface area contributed by atoms with Crippen LogP contribution in [0.1, 0.15) is 12.6 Å². The molecule has 0 saturated carbocycles. The van der Waals surface area contributed by atoms with Gasteiger partial charge in [0.1, 0.15) is 11.2 Å². The molecular formula is C15H13FN2O2. The van der Waals surface area contributed by atoms with Crippen LogP contribution in [0, 0.1) is 5.82 Å². The molecule has 0 fully saturated rings. The van der Waals surface area contributed by atoms with Gasteiger partial charge in [0, 0.05) is 13.1 Å². The van der Waals surface area contributed by atoms with Crippen molar-refractivity contribution in [3.05, 3.63) is 52.2 Å². The van der Waals surface area contributed by atoms with E-state index in [1.807, 2.05) is 6.92 Å². The summed E-state index contributed by atoms with van der Waals surface area (Å²) in [6, 6.07) is 7.75. The fourth-order valence-electron chi connectivity index (χ4n) is 2.30. The summed E-state index contributed by atoms with van der Waals surface area (Å²) in [6.45, 7) is 1.92. The molecule has 0 saturated heterocycles. The lowest BCUT2D eigenvalue weighted by Gasteiger charge is -2.08. The number of aromatic nitrogens is 2. The van der Waals surface area contributed by atoms with E-state index in [9.17, 15) is 9.18 Å². The largest absolute Gasteiger partial charge is 0.356 e. The minimum Gasteiger partial charge on any atom is -0.356 e. The van der Waals surface area contributed by atoms with E-state index in [4.69, 9.17) is 4.52 Å². The summed E-state index contributed by atoms with van der Waals surface area (Å²) in [6.07, 6.45) is 0.637. The molecule has 0 atom stereocenters. The minimum absolute atomic E-state index is 0.153. The fraction of sp³-hybridized carbons (Fsp3) is 0.200. The third-order valence-corrected chi connectivity index (χ3v) is 3.41. The number of benzene rings is 1. The van der Waals surface area contributed by atoms with E-state index in [0.717, 1.165) is 5.56 Å². The van der Waals surface area contributed by atoms with Crippen molar-refractivity contribution in [3.8, 4) is 11.3 Å². The van der Waals surface area contributed by atoms with Crippen molar-refractivity contribution in [2.24, 2.45) is 7.05 Å². The number of aryl methyl sites for hydroxylation is 1. The Hall–Kier alpha value is -2.43. The Morgan fingerprint density at radius 2 is 2.00 bits per heavy atom. The van der Waals surface area contributed by atoms with E-state index in [2.05, 4.69) is 5.16 Å². The van der Waals surface area contributed by atoms with Crippen molar-refractivity contribution in [1.29, 1.82) is 0 Å². The van der Waals surface area contributed by atoms with Gasteiger partial charge in [-0.15, -0.1) is 0 Å². The number of pyridine rings is 1. The molecule has 2 heterocycles. The maximum Gasteiger partial charge on any atom is 0.263 e. The second-order valence-electron chi connectivity index (χ2n) is 4.62. The van der Waals surface area contributed by atoms with Gasteiger partial charge >= 0.3 is 0 Å². The van der Waals surface area contributed by atoms with Gasteiger partial charge in [-0.3, -0.25) is 4.79 Å². The molecule has 0 radical (unpaired) electrons. The third-order valence-electron chi connectivity index (χ3n) is 3.41. The number of halogens is 1. The Balaban J connectivity index is 2.30. The number of hydrogen-bond donors (Lipinski definition) is 0. The second-order valence-corrected chi connectivity index (χ2v) is 4.62. The average Bonchev–Trinajstić information content (AvgIpc) is 2.87. The van der Waals surface area contributed by atoms with Gasteiger partial charge < -0.3 is 9.09 Å². The maximum atomic E-state index is 13.0. The van der Waals surface area contributed by atoms with E-state index < -0.39 is 0 Å². The molecule has 3 aromatic rings. The summed E-state index contributed by atoms with van der Waals surface area (Å²) < 4.78 is 19.7. The Labute approximate surface area is 114 Å². The molecule has 1 aromatic carbocycles. The highest BCUT2D eigenvalue weighted by Gasteiger charge is 2.15. The molecule has 4 nitrogen and oxygen atoms in total. The molecule has 5 heteroatoms. The van der Waals surface area contributed by atoms with Crippen molar-refractivity contribution < 1.29 is 8.91 Å². The van der Waals surface area contributed by atoms with Crippen molar-refractivity contribution >= 4 is 11.0 Å². The lowest BCUT2D eigenvalue weighted by atomic mass is 10.1. The van der Waals surface area contributed by atoms with E-state index in [-0.39, 0.29) is 11.4 Å². The van der Waals surface area contributed by atoms with Crippen LogP contribution in [-0.4, -0.2) is 9.72 Å². The zero-order valence-electron chi connectivity index (χ0n) is 11.2. The summed E-state index contributed by atoms with van der Waals surface area (Å²) >= 11 is 0. The standard InChI is InChI=1S/C15H13FN2O2/c1-3-11-14-13(20-17-11)8-12(18(2)15(14)19)9-4-6-10(16)7-5-9/h4-8H,3H2,1-2H3. The fourth-order valence-corrected chi connectivity index (χ4v) is 2.30. The molecule has 0 aliphatic carbocycles. The van der Waals surface area contributed by atoms with Gasteiger partial charge in [-0.25, -0.2) is 4.39 Å². The summed E-state index contributed by atoms with van der Waals surface area (Å²) in [5.41, 5.74) is 2.39. The Bertz CT molecular complexity index is 831. The molecular weight excluding hydrogens is 259 g/mol. The predicted molar refractivity (Wildman–Crippen MR) is 74.0 cm³/mol. The Morgan fingerprint density at radius 3 is 2.65 bits per heavy atom. The maximum absolute atomic E-state index is 13.0. The first-order valence-electron chi connectivity index (χ1n) is 6.36. The van der Waals surface area contributed by atoms with E-state index in [1.54, 1.807) is 25.2 Å². The van der Waals surface area contributed by atoms with Crippen LogP contribution >= 0.6 is 0 Å². The molecule has 0 spiro atoms. The van der Waals surface area contributed by atoms with Gasteiger partial charge in [0.25, 0.3) is 5.56 Å². The highest BCUT2D eigenvalue weighted by molar-refractivity contribution is 5.82. The quantitative estimate of drug-likeness (QED) is 0.720. The summed E-state index contributed by atoms with van der Waals surface area (Å²) in [4.78, 5) is 12.4. The molecule has 0 unspecified atom stereocenters. The van der Waals surface area contributed by atoms with Crippen LogP contribution in [0.4, 0.5) is 4.39 Å². The number of hydrogen-bond acceptors (Lipinski definition) is 3. The molecule has 102 valence electrons. The molecule has 20 heavy (non-hydrogen) atoms. The van der Waals surface area contributed by atoms with Crippen LogP contribution < -0.4 is 5.56 Å². The van der Waals surface area contributed by atoms with Crippen LogP contribution in [-0.2, 0) is 13.5 Å². The van der Waals surface area contributed by atoms with Crippen LogP contribution in [0.2, 0.25) is 0 Å². The summed E-state index contributed by atoms with van der Waals surface area (Å²) in [7, 11) is 1.69. The van der Waals surface area contributed by atoms with Crippen molar-refractivity contribution in [1.82, 2.24) is 9.72 Å². The Kier molecular flexibility index (Phi) is 2.89. The van der Waals surface area contributed by atoms with Crippen LogP contribution in [0.5, 0.6) is 0 Å². The SMILES string of the molecule is CCc1noc2cc(-c3ccc(F)cc3)n(C)c(=O)c12. The topological polar surface area (TPSA) is 48.0 Å². The van der Waals surface area contributed by atoms with Crippen molar-refractivity contribution in [3.63, 3.8) is 0 Å². The van der Waals surface area contributed by atoms with Gasteiger partial charge in [0.05, 0.1) is 11.4 Å². The van der Waals surface area contributed by atoms with Crippen LogP contribution in [0.3, 0.4) is 0 Å². The van der Waals surface area contributed by atoms with Crippen molar-refractivity contribution in [2.75, 3.05) is 0 Å². The third kappa shape index (κ3) is 1.82. The van der Waals surface area contributed by atoms with Gasteiger partial charge in [0.2, 0.25) is 0 Å². The van der Waals surface area contributed by atoms with Gasteiger partial charge in [0.15, 0.2) is 5.58 Å². The lowest BCUT2D eigenvalue weighted by Crippen LogP contribution is -2.18. The monoisotopic (exact) mass is 272 g/mol. The molecule has 0 aliphatic heterocycles. The smallest absolute Gasteiger partial charge is 0.263 e. The number of rotatable bonds is 2. The summed E-state index contributed by atoms with van der Waals surface area (Å²) in [5, 5.41) is 4.43. The molecule has 0 aliphatic rings. The van der Waals surface area contributed by atoms with Gasteiger partial charge in [-0.2, -0.15) is 0 Å². The van der Waals surface area contributed by atoms with Crippen LogP contribution in [0.15, 0.2) is 39.6 Å². The normalized spacial score (nSPS) is 11.2. The van der Waals surface area contributed by atoms with Crippen LogP contribution in [0.25, 0.3) is 22.2 Å². The first kappa shape index (κ1) is 12.6. The average molecular weight is 272 g/mol. The zero-order chi connectivity index (χ0) is 14.3. The highest BCUT2D eigenvalue weighted by Crippen LogP contribution is 2.23. The first-order valence-corrected chi connectivity index (χ1v) is 6.36. The second kappa shape index (κ2) is 4.59. The Morgan fingerprint density at radius 1 is 1.30 bits per heavy atom. The summed E-state index contributed by atoms with van der Waals surface area (Å²) in [5.74, 6) is -0.312. The lowest BCUT2D eigenvalue weighted by molar-refractivity contribution is 0.447. The highest BCUT2D eigenvalue weighted by atomic mass is 19.1. The molecule has 0 bridgehead atoms. The molecule has 2 aromatic heterocycles. The van der Waals surface area contributed by atoms with E-state index in [1.165, 1.54) is 16.7 Å². The van der Waals surface area contributed by atoms with Gasteiger partial charge in [-0.1, -0.05) is 12.1 Å². The number of nitrogens with zero attached hydrogens (tertiary/aromatic N) is 2. The molecule has 3 rings (SSSR count). The van der Waals surface area contributed by atoms with Gasteiger partial charge in [-0.05, 0) is 36.2 Å². The first-order chi connectivity index (χ1) is 9.61. The van der Waals surface area contributed by atoms with E-state index >= 15 is 0 Å².